The summed E-state index contributed by atoms with van der Waals surface area (Å²) in [5, 5.41) is 13.8. The van der Waals surface area contributed by atoms with E-state index in [4.69, 9.17) is 4.74 Å². The molecule has 0 unspecified atom stereocenters. The standard InChI is InChI=1S/C12H16N2O3/c15-14(16)11-4-6-12(7-5-11)17-9-8-13-10-2-1-3-10/h4-7,10,13H,1-3,8-9H2. The highest BCUT2D eigenvalue weighted by Gasteiger charge is 2.15. The Kier molecular flexibility index (Phi) is 3.93. The van der Waals surface area contributed by atoms with Crippen LogP contribution in [0.1, 0.15) is 19.3 Å². The second-order valence-corrected chi connectivity index (χ2v) is 4.18. The number of nitro benzene ring substituents is 1. The van der Waals surface area contributed by atoms with Crippen LogP contribution in [0.15, 0.2) is 24.3 Å². The fraction of sp³-hybridized carbons (Fsp3) is 0.500. The Labute approximate surface area is 99.9 Å². The highest BCUT2D eigenvalue weighted by molar-refractivity contribution is 5.35. The maximum absolute atomic E-state index is 10.4. The SMILES string of the molecule is O=[N+]([O-])c1ccc(OCCNC2CCC2)cc1. The van der Waals surface area contributed by atoms with Crippen LogP contribution < -0.4 is 10.1 Å². The molecule has 5 nitrogen and oxygen atoms in total. The number of nitro groups is 1. The van der Waals surface area contributed by atoms with E-state index in [-0.39, 0.29) is 5.69 Å². The fourth-order valence-corrected chi connectivity index (χ4v) is 1.71. The Morgan fingerprint density at radius 2 is 2.06 bits per heavy atom. The third-order valence-corrected chi connectivity index (χ3v) is 2.96. The van der Waals surface area contributed by atoms with Crippen LogP contribution in [0.3, 0.4) is 0 Å². The summed E-state index contributed by atoms with van der Waals surface area (Å²) < 4.78 is 5.47. The monoisotopic (exact) mass is 236 g/mol. The van der Waals surface area contributed by atoms with Crippen LogP contribution in [0, 0.1) is 10.1 Å². The summed E-state index contributed by atoms with van der Waals surface area (Å²) in [6.07, 6.45) is 3.84. The van der Waals surface area contributed by atoms with Gasteiger partial charge >= 0.3 is 0 Å². The van der Waals surface area contributed by atoms with E-state index >= 15 is 0 Å². The van der Waals surface area contributed by atoms with Gasteiger partial charge in [0.25, 0.3) is 5.69 Å². The van der Waals surface area contributed by atoms with Gasteiger partial charge in [0.1, 0.15) is 12.4 Å². The normalized spacial score (nSPS) is 15.3. The van der Waals surface area contributed by atoms with Gasteiger partial charge in [0, 0.05) is 24.7 Å². The van der Waals surface area contributed by atoms with E-state index in [1.54, 1.807) is 12.1 Å². The molecule has 1 fully saturated rings. The van der Waals surface area contributed by atoms with Gasteiger partial charge in [-0.25, -0.2) is 0 Å². The Hall–Kier alpha value is -1.62. The minimum absolute atomic E-state index is 0.0879. The predicted octanol–water partition coefficient (Wildman–Crippen LogP) is 2.12. The van der Waals surface area contributed by atoms with E-state index in [0.29, 0.717) is 18.4 Å². The lowest BCUT2D eigenvalue weighted by atomic mass is 9.93. The second-order valence-electron chi connectivity index (χ2n) is 4.18. The average molecular weight is 236 g/mol. The zero-order valence-corrected chi connectivity index (χ0v) is 9.59. The first kappa shape index (κ1) is 11.9. The maximum atomic E-state index is 10.4. The lowest BCUT2D eigenvalue weighted by molar-refractivity contribution is -0.384. The van der Waals surface area contributed by atoms with Crippen molar-refractivity contribution in [3.8, 4) is 5.75 Å². The van der Waals surface area contributed by atoms with Gasteiger partial charge in [-0.15, -0.1) is 0 Å². The minimum Gasteiger partial charge on any atom is -0.492 e. The lowest BCUT2D eigenvalue weighted by Crippen LogP contribution is -2.37. The molecule has 1 aliphatic rings. The van der Waals surface area contributed by atoms with Crippen molar-refractivity contribution >= 4 is 5.69 Å². The van der Waals surface area contributed by atoms with Crippen molar-refractivity contribution in [2.45, 2.75) is 25.3 Å². The number of rotatable bonds is 6. The van der Waals surface area contributed by atoms with Crippen LogP contribution in [0.4, 0.5) is 5.69 Å². The molecule has 1 aromatic rings. The molecule has 5 heteroatoms. The van der Waals surface area contributed by atoms with Gasteiger partial charge in [-0.05, 0) is 25.0 Å². The Morgan fingerprint density at radius 1 is 1.35 bits per heavy atom. The molecule has 0 bridgehead atoms. The quantitative estimate of drug-likeness (QED) is 0.467. The first-order chi connectivity index (χ1) is 8.25. The summed E-state index contributed by atoms with van der Waals surface area (Å²) in [7, 11) is 0. The van der Waals surface area contributed by atoms with Crippen molar-refractivity contribution in [2.75, 3.05) is 13.2 Å². The zero-order valence-electron chi connectivity index (χ0n) is 9.59. The molecule has 1 aliphatic carbocycles. The van der Waals surface area contributed by atoms with E-state index in [1.807, 2.05) is 0 Å². The molecule has 0 aromatic heterocycles. The molecule has 2 rings (SSSR count). The van der Waals surface area contributed by atoms with Gasteiger partial charge in [0.05, 0.1) is 4.92 Å². The molecule has 0 spiro atoms. The van der Waals surface area contributed by atoms with E-state index in [1.165, 1.54) is 31.4 Å². The number of non-ortho nitro benzene ring substituents is 1. The van der Waals surface area contributed by atoms with Gasteiger partial charge in [0.2, 0.25) is 0 Å². The molecule has 0 heterocycles. The van der Waals surface area contributed by atoms with E-state index in [2.05, 4.69) is 5.32 Å². The maximum Gasteiger partial charge on any atom is 0.269 e. The van der Waals surface area contributed by atoms with Gasteiger partial charge in [-0.2, -0.15) is 0 Å². The van der Waals surface area contributed by atoms with Crippen LogP contribution in [-0.2, 0) is 0 Å². The Bertz CT molecular complexity index is 374. The van der Waals surface area contributed by atoms with Gasteiger partial charge in [0.15, 0.2) is 0 Å². The lowest BCUT2D eigenvalue weighted by Gasteiger charge is -2.26. The fourth-order valence-electron chi connectivity index (χ4n) is 1.71. The number of ether oxygens (including phenoxy) is 1. The molecule has 17 heavy (non-hydrogen) atoms. The molecular weight excluding hydrogens is 220 g/mol. The Morgan fingerprint density at radius 3 is 2.59 bits per heavy atom. The van der Waals surface area contributed by atoms with Crippen LogP contribution in [0.25, 0.3) is 0 Å². The van der Waals surface area contributed by atoms with Crippen molar-refractivity contribution in [1.82, 2.24) is 5.32 Å². The van der Waals surface area contributed by atoms with Crippen molar-refractivity contribution < 1.29 is 9.66 Å². The summed E-state index contributed by atoms with van der Waals surface area (Å²) in [4.78, 5) is 10.0. The van der Waals surface area contributed by atoms with E-state index in [9.17, 15) is 10.1 Å². The smallest absolute Gasteiger partial charge is 0.269 e. The summed E-state index contributed by atoms with van der Waals surface area (Å²) in [6, 6.07) is 6.82. The van der Waals surface area contributed by atoms with E-state index < -0.39 is 4.92 Å². The summed E-state index contributed by atoms with van der Waals surface area (Å²) in [6.45, 7) is 1.41. The summed E-state index contributed by atoms with van der Waals surface area (Å²) >= 11 is 0. The molecule has 1 saturated carbocycles. The first-order valence-corrected chi connectivity index (χ1v) is 5.86. The Balaban J connectivity index is 1.69. The highest BCUT2D eigenvalue weighted by atomic mass is 16.6. The molecule has 92 valence electrons. The topological polar surface area (TPSA) is 64.4 Å². The van der Waals surface area contributed by atoms with Gasteiger partial charge in [-0.3, -0.25) is 10.1 Å². The number of hydrogen-bond acceptors (Lipinski definition) is 4. The van der Waals surface area contributed by atoms with Crippen molar-refractivity contribution in [3.05, 3.63) is 34.4 Å². The zero-order chi connectivity index (χ0) is 12.1. The number of nitrogens with zero attached hydrogens (tertiary/aromatic N) is 1. The number of benzene rings is 1. The van der Waals surface area contributed by atoms with Crippen LogP contribution in [0.5, 0.6) is 5.75 Å². The average Bonchev–Trinajstić information content (AvgIpc) is 2.27. The molecule has 0 saturated heterocycles. The third-order valence-electron chi connectivity index (χ3n) is 2.96. The molecule has 1 aromatic carbocycles. The van der Waals surface area contributed by atoms with Crippen molar-refractivity contribution in [2.24, 2.45) is 0 Å². The predicted molar refractivity (Wildman–Crippen MR) is 64.2 cm³/mol. The van der Waals surface area contributed by atoms with Crippen molar-refractivity contribution in [3.63, 3.8) is 0 Å². The van der Waals surface area contributed by atoms with Gasteiger partial charge in [-0.1, -0.05) is 6.42 Å². The first-order valence-electron chi connectivity index (χ1n) is 5.86. The third kappa shape index (κ3) is 3.42. The largest absolute Gasteiger partial charge is 0.492 e. The van der Waals surface area contributed by atoms with E-state index in [0.717, 1.165) is 6.54 Å². The van der Waals surface area contributed by atoms with Crippen LogP contribution >= 0.6 is 0 Å². The molecule has 0 radical (unpaired) electrons. The molecule has 1 N–H and O–H groups in total. The molecule has 0 aliphatic heterocycles. The van der Waals surface area contributed by atoms with Gasteiger partial charge < -0.3 is 10.1 Å². The number of nitrogens with one attached hydrogen (secondary N) is 1. The van der Waals surface area contributed by atoms with Crippen LogP contribution in [-0.4, -0.2) is 24.1 Å². The second kappa shape index (κ2) is 5.63. The van der Waals surface area contributed by atoms with Crippen molar-refractivity contribution in [1.29, 1.82) is 0 Å². The molecule has 0 atom stereocenters. The number of hydrogen-bond donors (Lipinski definition) is 1. The molecule has 0 amide bonds. The highest BCUT2D eigenvalue weighted by Crippen LogP contribution is 2.18. The minimum atomic E-state index is -0.415. The summed E-state index contributed by atoms with van der Waals surface area (Å²) in [5.41, 5.74) is 0.0879. The summed E-state index contributed by atoms with van der Waals surface area (Å²) in [5.74, 6) is 0.672. The molecular formula is C12H16N2O3. The van der Waals surface area contributed by atoms with Crippen LogP contribution in [0.2, 0.25) is 0 Å².